The summed E-state index contributed by atoms with van der Waals surface area (Å²) >= 11 is 0. The molecule has 4 heteroatoms. The van der Waals surface area contributed by atoms with Gasteiger partial charge in [-0.3, -0.25) is 9.59 Å². The van der Waals surface area contributed by atoms with Crippen LogP contribution in [0.3, 0.4) is 0 Å². The van der Waals surface area contributed by atoms with Crippen LogP contribution in [0, 0.1) is 11.8 Å². The molecule has 0 radical (unpaired) electrons. The highest BCUT2D eigenvalue weighted by molar-refractivity contribution is 5.78. The number of rotatable bonds is 50. The van der Waals surface area contributed by atoms with E-state index in [-0.39, 0.29) is 0 Å². The van der Waals surface area contributed by atoms with Crippen LogP contribution in [0.25, 0.3) is 0 Å². The third-order valence-corrected chi connectivity index (χ3v) is 14.3. The zero-order valence-electron chi connectivity index (χ0n) is 45.5. The maximum atomic E-state index is 13.7. The third-order valence-electron chi connectivity index (χ3n) is 14.3. The van der Waals surface area contributed by atoms with Crippen molar-refractivity contribution in [1.29, 1.82) is 0 Å². The highest BCUT2D eigenvalue weighted by Gasteiger charge is 2.23. The first kappa shape index (κ1) is 64.9. The molecule has 3 unspecified atom stereocenters. The van der Waals surface area contributed by atoms with Crippen molar-refractivity contribution in [2.45, 2.75) is 331 Å². The third kappa shape index (κ3) is 43.4. The molecule has 0 aromatic heterocycles. The summed E-state index contributed by atoms with van der Waals surface area (Å²) in [6.45, 7) is 21.9. The van der Waals surface area contributed by atoms with E-state index in [0.717, 1.165) is 51.1 Å². The highest BCUT2D eigenvalue weighted by Crippen LogP contribution is 2.28. The predicted octanol–water partition coefficient (Wildman–Crippen LogP) is 19.7. The summed E-state index contributed by atoms with van der Waals surface area (Å²) in [6, 6.07) is 0.445. The lowest BCUT2D eigenvalue weighted by atomic mass is 9.86. The summed E-state index contributed by atoms with van der Waals surface area (Å²) in [4.78, 5) is 27.3. The number of hydrogen-bond acceptors (Lipinski definition) is 3. The lowest BCUT2D eigenvalue weighted by Crippen LogP contribution is -2.41. The molecule has 0 saturated carbocycles. The van der Waals surface area contributed by atoms with Crippen LogP contribution in [-0.2, 0) is 9.59 Å². The Labute approximate surface area is 404 Å². The summed E-state index contributed by atoms with van der Waals surface area (Å²) in [5.74, 6) is 1.97. The highest BCUT2D eigenvalue weighted by atomic mass is 16.2. The summed E-state index contributed by atoms with van der Waals surface area (Å²) in [5, 5.41) is 3.32. The van der Waals surface area contributed by atoms with Crippen molar-refractivity contribution in [2.75, 3.05) is 20.1 Å². The van der Waals surface area contributed by atoms with Gasteiger partial charge in [0.05, 0.1) is 0 Å². The first-order chi connectivity index (χ1) is 31.3. The Hall–Kier alpha value is -1.16. The molecular weight excluding hydrogens is 781 g/mol. The van der Waals surface area contributed by atoms with E-state index in [9.17, 15) is 9.59 Å². The Bertz CT molecular complexity index is 963. The lowest BCUT2D eigenvalue weighted by molar-refractivity contribution is -0.134. The van der Waals surface area contributed by atoms with Crippen LogP contribution in [0.4, 0.5) is 0 Å². The van der Waals surface area contributed by atoms with Crippen molar-refractivity contribution in [3.05, 3.63) is 12.2 Å². The second-order valence-corrected chi connectivity index (χ2v) is 20.5. The fourth-order valence-electron chi connectivity index (χ4n) is 9.74. The van der Waals surface area contributed by atoms with Crippen molar-refractivity contribution in [3.8, 4) is 0 Å². The van der Waals surface area contributed by atoms with Crippen molar-refractivity contribution in [1.82, 2.24) is 10.2 Å². The van der Waals surface area contributed by atoms with Crippen molar-refractivity contribution in [2.24, 2.45) is 11.8 Å². The second-order valence-electron chi connectivity index (χ2n) is 20.5. The van der Waals surface area contributed by atoms with Gasteiger partial charge >= 0.3 is 0 Å². The van der Waals surface area contributed by atoms with Crippen molar-refractivity contribution >= 4 is 11.7 Å². The average molecular weight is 902 g/mol. The topological polar surface area (TPSA) is 49.4 Å². The Kier molecular flexibility index (Phi) is 53.6. The van der Waals surface area contributed by atoms with Gasteiger partial charge in [0.2, 0.25) is 5.91 Å². The fraction of sp³-hybridized carbons (Fsp3) is 0.933. The summed E-state index contributed by atoms with van der Waals surface area (Å²) in [7, 11) is 2.04. The Morgan fingerprint density at radius 2 is 0.734 bits per heavy atom. The molecule has 1 amide bonds. The van der Waals surface area contributed by atoms with E-state index in [1.54, 1.807) is 12.5 Å². The summed E-state index contributed by atoms with van der Waals surface area (Å²) < 4.78 is 0. The zero-order valence-corrected chi connectivity index (χ0v) is 45.5. The van der Waals surface area contributed by atoms with Gasteiger partial charge < -0.3 is 10.2 Å². The number of nitrogens with zero attached hydrogens (tertiary/aromatic N) is 1. The molecular formula is C60H120N2O2. The largest absolute Gasteiger partial charge is 0.340 e. The number of ketones is 1. The monoisotopic (exact) mass is 901 g/mol. The van der Waals surface area contributed by atoms with Crippen LogP contribution in [0.2, 0.25) is 0 Å². The van der Waals surface area contributed by atoms with E-state index < -0.39 is 0 Å². The minimum absolute atomic E-state index is 0.354. The molecule has 382 valence electrons. The van der Waals surface area contributed by atoms with Gasteiger partial charge in [0, 0.05) is 24.9 Å². The molecule has 0 heterocycles. The van der Waals surface area contributed by atoms with Crippen LogP contribution in [0.15, 0.2) is 12.2 Å². The first-order valence-electron chi connectivity index (χ1n) is 29.4. The number of carbonyl (C=O) groups excluding carboxylic acids is 2. The molecule has 0 aromatic carbocycles. The molecule has 3 atom stereocenters. The van der Waals surface area contributed by atoms with Gasteiger partial charge in [-0.15, -0.1) is 0 Å². The van der Waals surface area contributed by atoms with Gasteiger partial charge in [-0.05, 0) is 90.6 Å². The fourth-order valence-corrected chi connectivity index (χ4v) is 9.74. The van der Waals surface area contributed by atoms with E-state index in [2.05, 4.69) is 58.3 Å². The maximum Gasteiger partial charge on any atom is 0.222 e. The van der Waals surface area contributed by atoms with Crippen LogP contribution in [0.5, 0.6) is 0 Å². The Balaban J connectivity index is 0. The van der Waals surface area contributed by atoms with Crippen molar-refractivity contribution in [3.63, 3.8) is 0 Å². The molecule has 4 nitrogen and oxygen atoms in total. The SMILES string of the molecule is C=C(CCCCCCCCCCC(CCCCCCCCCC)N(CCCNC)C(=O)CCCCCCCC)C(CCCC)CCCCCC.CCCCCCC(CCCC)C(C)=O. The number of amides is 1. The van der Waals surface area contributed by atoms with Gasteiger partial charge in [0.25, 0.3) is 0 Å². The molecule has 0 aliphatic carbocycles. The molecule has 0 saturated heterocycles. The van der Waals surface area contributed by atoms with Gasteiger partial charge in [0.15, 0.2) is 0 Å². The number of unbranched alkanes of at least 4 members (excludes halogenated alkanes) is 27. The number of Topliss-reactive ketones (excluding diaryl/α,β-unsaturated/α-hetero) is 1. The Morgan fingerprint density at radius 1 is 0.406 bits per heavy atom. The predicted molar refractivity (Wildman–Crippen MR) is 289 cm³/mol. The molecule has 0 aliphatic rings. The van der Waals surface area contributed by atoms with Crippen LogP contribution < -0.4 is 5.32 Å². The molecule has 0 bridgehead atoms. The number of nitrogens with one attached hydrogen (secondary N) is 1. The normalized spacial score (nSPS) is 12.8. The van der Waals surface area contributed by atoms with E-state index >= 15 is 0 Å². The molecule has 0 spiro atoms. The van der Waals surface area contributed by atoms with Crippen molar-refractivity contribution < 1.29 is 9.59 Å². The molecule has 64 heavy (non-hydrogen) atoms. The average Bonchev–Trinajstić information content (AvgIpc) is 3.29. The van der Waals surface area contributed by atoms with Crippen LogP contribution in [-0.4, -0.2) is 42.8 Å². The van der Waals surface area contributed by atoms with Crippen LogP contribution >= 0.6 is 0 Å². The van der Waals surface area contributed by atoms with Gasteiger partial charge in [0.1, 0.15) is 5.78 Å². The molecule has 1 N–H and O–H groups in total. The van der Waals surface area contributed by atoms with E-state index in [1.165, 1.54) is 244 Å². The lowest BCUT2D eigenvalue weighted by Gasteiger charge is -2.33. The molecule has 0 aromatic rings. The van der Waals surface area contributed by atoms with Crippen LogP contribution in [0.1, 0.15) is 325 Å². The number of allylic oxidation sites excluding steroid dienone is 1. The smallest absolute Gasteiger partial charge is 0.222 e. The first-order valence-corrected chi connectivity index (χ1v) is 29.4. The summed E-state index contributed by atoms with van der Waals surface area (Å²) in [6.07, 6.45) is 55.5. The Morgan fingerprint density at radius 3 is 1.16 bits per heavy atom. The van der Waals surface area contributed by atoms with E-state index in [0.29, 0.717) is 23.7 Å². The van der Waals surface area contributed by atoms with E-state index in [4.69, 9.17) is 0 Å². The molecule has 0 aliphatic heterocycles. The number of hydrogen-bond donors (Lipinski definition) is 1. The molecule has 0 fully saturated rings. The van der Waals surface area contributed by atoms with Gasteiger partial charge in [-0.2, -0.15) is 0 Å². The maximum absolute atomic E-state index is 13.7. The van der Waals surface area contributed by atoms with Gasteiger partial charge in [-0.1, -0.05) is 259 Å². The second kappa shape index (κ2) is 52.8. The number of carbonyl (C=O) groups is 2. The summed E-state index contributed by atoms with van der Waals surface area (Å²) in [5.41, 5.74) is 1.56. The van der Waals surface area contributed by atoms with Gasteiger partial charge in [-0.25, -0.2) is 0 Å². The minimum atomic E-state index is 0.354. The minimum Gasteiger partial charge on any atom is -0.340 e. The quantitative estimate of drug-likeness (QED) is 0.0489. The zero-order chi connectivity index (χ0) is 47.6. The molecule has 0 rings (SSSR count). The van der Waals surface area contributed by atoms with E-state index in [1.807, 2.05) is 7.05 Å². The standard InChI is InChI=1S/C47H94N2O.C13H26O/c1-7-11-15-18-20-24-27-32-39-46(49(43-35-42-48-6)47(50)41-34-29-19-16-12-8-2)40-33-28-25-22-21-23-26-30-36-44(5)45(37-14-10-4)38-31-17-13-9-3;1-4-6-8-9-11-13(12(3)14)10-7-5-2/h45-46,48H,5,7-43H2,1-4,6H3;13H,4-11H2,1-3H3.